The number of rotatable bonds is 4. The van der Waals surface area contributed by atoms with E-state index in [-0.39, 0.29) is 5.39 Å². The van der Waals surface area contributed by atoms with Gasteiger partial charge in [0.1, 0.15) is 0 Å². The Morgan fingerprint density at radius 3 is 2.42 bits per heavy atom. The third-order valence-electron chi connectivity index (χ3n) is 3.67. The van der Waals surface area contributed by atoms with E-state index >= 15 is 0 Å². The van der Waals surface area contributed by atoms with Gasteiger partial charge in [0, 0.05) is 11.4 Å². The van der Waals surface area contributed by atoms with E-state index in [1.54, 1.807) is 31.2 Å². The van der Waals surface area contributed by atoms with Gasteiger partial charge in [0.15, 0.2) is 0 Å². The molecular formula is C21H24F3NO. The lowest BCUT2D eigenvalue weighted by Crippen LogP contribution is -2.24. The lowest BCUT2D eigenvalue weighted by atomic mass is 10.0. The average molecular weight is 363 g/mol. The SMILES string of the molecule is C=C/C=C(\C=C/C)n1c(CC)cc2cccc(C(F)(F)F)c2c1=O.CC. The largest absolute Gasteiger partial charge is 0.417 e. The maximum atomic E-state index is 13.3. The standard InChI is InChI=1S/C19H18F3NO.C2H6/c1-4-8-15(9-5-2)23-14(6-3)12-13-10-7-11-16(19(20,21)22)17(13)18(23)24;1-2/h4-5,7-12H,1,6H2,2-3H3;1-2H3/b9-5-,15-8+;. The molecular weight excluding hydrogens is 339 g/mol. The predicted octanol–water partition coefficient (Wildman–Crippen LogP) is 6.21. The van der Waals surface area contributed by atoms with E-state index in [2.05, 4.69) is 6.58 Å². The van der Waals surface area contributed by atoms with Crippen molar-refractivity contribution in [2.75, 3.05) is 0 Å². The molecule has 1 aromatic carbocycles. The molecule has 0 saturated carbocycles. The molecule has 0 atom stereocenters. The monoisotopic (exact) mass is 363 g/mol. The number of aromatic nitrogens is 1. The summed E-state index contributed by atoms with van der Waals surface area (Å²) in [7, 11) is 0. The van der Waals surface area contributed by atoms with Gasteiger partial charge in [-0.3, -0.25) is 9.36 Å². The van der Waals surface area contributed by atoms with Crippen molar-refractivity contribution in [2.24, 2.45) is 0 Å². The molecule has 2 nitrogen and oxygen atoms in total. The second kappa shape index (κ2) is 9.22. The molecule has 140 valence electrons. The van der Waals surface area contributed by atoms with Gasteiger partial charge in [0.05, 0.1) is 10.9 Å². The molecule has 0 aliphatic carbocycles. The molecule has 0 radical (unpaired) electrons. The van der Waals surface area contributed by atoms with Gasteiger partial charge < -0.3 is 0 Å². The van der Waals surface area contributed by atoms with Crippen molar-refractivity contribution in [3.63, 3.8) is 0 Å². The number of pyridine rings is 1. The van der Waals surface area contributed by atoms with Crippen LogP contribution in [-0.2, 0) is 12.6 Å². The number of alkyl halides is 3. The molecule has 0 N–H and O–H groups in total. The maximum absolute atomic E-state index is 13.3. The molecule has 1 heterocycles. The van der Waals surface area contributed by atoms with Crippen LogP contribution in [0.1, 0.15) is 39.0 Å². The zero-order valence-electron chi connectivity index (χ0n) is 15.5. The van der Waals surface area contributed by atoms with Gasteiger partial charge in [-0.25, -0.2) is 0 Å². The molecule has 0 fully saturated rings. The molecule has 0 unspecified atom stereocenters. The van der Waals surface area contributed by atoms with Crippen LogP contribution < -0.4 is 5.56 Å². The van der Waals surface area contributed by atoms with Gasteiger partial charge in [0.25, 0.3) is 5.56 Å². The van der Waals surface area contributed by atoms with Crippen LogP contribution in [0.2, 0.25) is 0 Å². The molecule has 0 saturated heterocycles. The summed E-state index contributed by atoms with van der Waals surface area (Å²) in [6, 6.07) is 5.42. The molecule has 1 aromatic heterocycles. The number of fused-ring (bicyclic) bond motifs is 1. The Morgan fingerprint density at radius 2 is 1.92 bits per heavy atom. The minimum Gasteiger partial charge on any atom is -0.281 e. The van der Waals surface area contributed by atoms with Crippen molar-refractivity contribution in [3.8, 4) is 0 Å². The first kappa shape index (κ1) is 21.5. The summed E-state index contributed by atoms with van der Waals surface area (Å²) in [4.78, 5) is 12.9. The molecule has 0 spiro atoms. The molecule has 5 heteroatoms. The summed E-state index contributed by atoms with van der Waals surface area (Å²) >= 11 is 0. The fourth-order valence-corrected chi connectivity index (χ4v) is 2.69. The Balaban J connectivity index is 0.00000163. The van der Waals surface area contributed by atoms with Gasteiger partial charge in [0.2, 0.25) is 0 Å². The van der Waals surface area contributed by atoms with Gasteiger partial charge >= 0.3 is 6.18 Å². The summed E-state index contributed by atoms with van der Waals surface area (Å²) in [5.74, 6) is 0. The van der Waals surface area contributed by atoms with Crippen molar-refractivity contribution in [3.05, 3.63) is 76.8 Å². The maximum Gasteiger partial charge on any atom is 0.417 e. The van der Waals surface area contributed by atoms with E-state index < -0.39 is 17.3 Å². The Kier molecular flexibility index (Phi) is 7.62. The summed E-state index contributed by atoms with van der Waals surface area (Å²) in [6.45, 7) is 11.2. The second-order valence-corrected chi connectivity index (χ2v) is 5.22. The average Bonchev–Trinajstić information content (AvgIpc) is 2.62. The van der Waals surface area contributed by atoms with Crippen molar-refractivity contribution in [1.82, 2.24) is 4.57 Å². The molecule has 0 aliphatic rings. The number of benzene rings is 1. The topological polar surface area (TPSA) is 22.0 Å². The highest BCUT2D eigenvalue weighted by molar-refractivity contribution is 5.87. The first-order chi connectivity index (χ1) is 12.3. The highest BCUT2D eigenvalue weighted by atomic mass is 19.4. The van der Waals surface area contributed by atoms with Crippen LogP contribution in [-0.4, -0.2) is 4.57 Å². The van der Waals surface area contributed by atoms with Crippen molar-refractivity contribution < 1.29 is 13.2 Å². The smallest absolute Gasteiger partial charge is 0.281 e. The van der Waals surface area contributed by atoms with Crippen LogP contribution in [0.15, 0.2) is 59.9 Å². The van der Waals surface area contributed by atoms with E-state index in [1.807, 2.05) is 20.8 Å². The van der Waals surface area contributed by atoms with Crippen molar-refractivity contribution in [2.45, 2.75) is 40.3 Å². The van der Waals surface area contributed by atoms with Gasteiger partial charge in [-0.15, -0.1) is 0 Å². The first-order valence-corrected chi connectivity index (χ1v) is 8.55. The zero-order valence-corrected chi connectivity index (χ0v) is 15.5. The third kappa shape index (κ3) is 4.34. The van der Waals surface area contributed by atoms with Crippen LogP contribution in [0.25, 0.3) is 16.5 Å². The second-order valence-electron chi connectivity index (χ2n) is 5.22. The highest BCUT2D eigenvalue weighted by Gasteiger charge is 2.34. The van der Waals surface area contributed by atoms with Crippen LogP contribution in [0, 0.1) is 0 Å². The summed E-state index contributed by atoms with van der Waals surface area (Å²) < 4.78 is 41.3. The van der Waals surface area contributed by atoms with E-state index in [0.717, 1.165) is 6.07 Å². The highest BCUT2D eigenvalue weighted by Crippen LogP contribution is 2.33. The van der Waals surface area contributed by atoms with Crippen molar-refractivity contribution >= 4 is 16.5 Å². The number of halogens is 3. The molecule has 26 heavy (non-hydrogen) atoms. The number of aryl methyl sites for hydroxylation is 1. The zero-order chi connectivity index (χ0) is 19.9. The van der Waals surface area contributed by atoms with E-state index in [9.17, 15) is 18.0 Å². The van der Waals surface area contributed by atoms with Gasteiger partial charge in [-0.1, -0.05) is 51.6 Å². The Labute approximate surface area is 152 Å². The predicted molar refractivity (Wildman–Crippen MR) is 103 cm³/mol. The molecule has 0 aliphatic heterocycles. The Hall–Kier alpha value is -2.56. The van der Waals surface area contributed by atoms with Crippen LogP contribution in [0.3, 0.4) is 0 Å². The molecule has 0 bridgehead atoms. The normalized spacial score (nSPS) is 12.2. The quantitative estimate of drug-likeness (QED) is 0.592. The molecule has 0 amide bonds. The lowest BCUT2D eigenvalue weighted by molar-refractivity contribution is -0.136. The minimum absolute atomic E-state index is 0.293. The molecule has 2 rings (SSSR count). The molecule has 2 aromatic rings. The van der Waals surface area contributed by atoms with Crippen LogP contribution in [0.5, 0.6) is 0 Å². The third-order valence-corrected chi connectivity index (χ3v) is 3.67. The van der Waals surface area contributed by atoms with E-state index in [0.29, 0.717) is 23.2 Å². The van der Waals surface area contributed by atoms with Gasteiger partial charge in [-0.05, 0) is 43.0 Å². The fraction of sp³-hybridized carbons (Fsp3) is 0.286. The summed E-state index contributed by atoms with van der Waals surface area (Å²) in [5.41, 5.74) is -0.477. The minimum atomic E-state index is -4.59. The van der Waals surface area contributed by atoms with Crippen LogP contribution in [0.4, 0.5) is 13.2 Å². The first-order valence-electron chi connectivity index (χ1n) is 8.55. The number of hydrogen-bond donors (Lipinski definition) is 0. The summed E-state index contributed by atoms with van der Waals surface area (Å²) in [5, 5.41) is -0.0250. The van der Waals surface area contributed by atoms with Gasteiger partial charge in [-0.2, -0.15) is 13.2 Å². The Bertz CT molecular complexity index is 886. The number of allylic oxidation sites excluding steroid dienone is 5. The van der Waals surface area contributed by atoms with E-state index in [1.165, 1.54) is 22.8 Å². The Morgan fingerprint density at radius 1 is 1.27 bits per heavy atom. The van der Waals surface area contributed by atoms with E-state index in [4.69, 9.17) is 0 Å². The fourth-order valence-electron chi connectivity index (χ4n) is 2.69. The number of nitrogens with zero attached hydrogens (tertiary/aromatic N) is 1. The number of hydrogen-bond acceptors (Lipinski definition) is 1. The van der Waals surface area contributed by atoms with Crippen LogP contribution >= 0.6 is 0 Å². The summed E-state index contributed by atoms with van der Waals surface area (Å²) in [6.07, 6.45) is 2.41. The van der Waals surface area contributed by atoms with Crippen molar-refractivity contribution in [1.29, 1.82) is 0 Å². The lowest BCUT2D eigenvalue weighted by Gasteiger charge is -2.17.